The van der Waals surface area contributed by atoms with Crippen molar-refractivity contribution in [2.24, 2.45) is 0 Å². The molecule has 1 radical (unpaired) electrons. The highest BCUT2D eigenvalue weighted by molar-refractivity contribution is 7.81. The van der Waals surface area contributed by atoms with Crippen LogP contribution < -0.4 is 10.6 Å². The Morgan fingerprint density at radius 2 is 1.85 bits per heavy atom. The third kappa shape index (κ3) is 2.15. The van der Waals surface area contributed by atoms with Gasteiger partial charge in [0.1, 0.15) is 12.1 Å². The second-order valence-electron chi connectivity index (χ2n) is 3.66. The van der Waals surface area contributed by atoms with Crippen LogP contribution in [-0.4, -0.2) is 28.6 Å². The molecule has 0 saturated carbocycles. The molecule has 1 fully saturated rings. The maximum Gasteiger partial charge on any atom is 0.244 e. The maximum atomic E-state index is 11.4. The SMILES string of the molecule is [CH2][C@@H]1NC(=O)[C@@H](C(C)(C)S)NC1=O. The Balaban J connectivity index is 2.79. The number of carbonyl (C=O) groups is 2. The lowest BCUT2D eigenvalue weighted by Gasteiger charge is -2.34. The number of rotatable bonds is 1. The predicted octanol–water partition coefficient (Wildman–Crippen LogP) is -0.488. The maximum absolute atomic E-state index is 11.4. The molecular formula is C8H13N2O2S. The first-order chi connectivity index (χ1) is 5.82. The van der Waals surface area contributed by atoms with Gasteiger partial charge in [-0.3, -0.25) is 9.59 Å². The largest absolute Gasteiger partial charge is 0.342 e. The summed E-state index contributed by atoms with van der Waals surface area (Å²) in [6, 6.07) is -1.29. The smallest absolute Gasteiger partial charge is 0.244 e. The number of nitrogens with one attached hydrogen (secondary N) is 2. The third-order valence-electron chi connectivity index (χ3n) is 1.89. The first-order valence-electron chi connectivity index (χ1n) is 3.98. The van der Waals surface area contributed by atoms with Crippen molar-refractivity contribution in [3.8, 4) is 0 Å². The average molecular weight is 201 g/mol. The molecule has 0 aromatic rings. The zero-order valence-corrected chi connectivity index (χ0v) is 8.52. The minimum absolute atomic E-state index is 0.236. The molecule has 73 valence electrons. The van der Waals surface area contributed by atoms with E-state index in [0.717, 1.165) is 0 Å². The first-order valence-corrected chi connectivity index (χ1v) is 4.43. The average Bonchev–Trinajstić information content (AvgIpc) is 1.94. The van der Waals surface area contributed by atoms with Crippen molar-refractivity contribution < 1.29 is 9.59 Å². The van der Waals surface area contributed by atoms with E-state index in [1.807, 2.05) is 0 Å². The van der Waals surface area contributed by atoms with Crippen LogP contribution in [0.3, 0.4) is 0 Å². The van der Waals surface area contributed by atoms with E-state index in [2.05, 4.69) is 30.2 Å². The van der Waals surface area contributed by atoms with E-state index in [1.54, 1.807) is 13.8 Å². The first kappa shape index (κ1) is 10.4. The number of hydrogen-bond donors (Lipinski definition) is 3. The van der Waals surface area contributed by atoms with Crippen LogP contribution in [-0.2, 0) is 9.59 Å². The highest BCUT2D eigenvalue weighted by Gasteiger charge is 2.39. The van der Waals surface area contributed by atoms with Gasteiger partial charge < -0.3 is 10.6 Å². The van der Waals surface area contributed by atoms with Crippen molar-refractivity contribution in [2.45, 2.75) is 30.7 Å². The monoisotopic (exact) mass is 201 g/mol. The van der Waals surface area contributed by atoms with E-state index >= 15 is 0 Å². The molecule has 1 rings (SSSR count). The molecule has 2 N–H and O–H groups in total. The molecule has 1 aliphatic rings. The summed E-state index contributed by atoms with van der Waals surface area (Å²) in [7, 11) is 0. The lowest BCUT2D eigenvalue weighted by molar-refractivity contribution is -0.136. The molecule has 0 unspecified atom stereocenters. The predicted molar refractivity (Wildman–Crippen MR) is 52.3 cm³/mol. The lowest BCUT2D eigenvalue weighted by Crippen LogP contribution is -2.65. The van der Waals surface area contributed by atoms with Crippen molar-refractivity contribution in [3.63, 3.8) is 0 Å². The summed E-state index contributed by atoms with van der Waals surface area (Å²) in [5, 5.41) is 5.04. The summed E-state index contributed by atoms with van der Waals surface area (Å²) in [4.78, 5) is 22.6. The van der Waals surface area contributed by atoms with Gasteiger partial charge in [0.15, 0.2) is 0 Å². The Morgan fingerprint density at radius 1 is 1.31 bits per heavy atom. The van der Waals surface area contributed by atoms with Crippen LogP contribution in [0.1, 0.15) is 13.8 Å². The molecule has 2 atom stereocenters. The number of amides is 2. The Hall–Kier alpha value is -0.710. The van der Waals surface area contributed by atoms with Crippen LogP contribution in [0.2, 0.25) is 0 Å². The summed E-state index contributed by atoms with van der Waals surface area (Å²) in [6.45, 7) is 7.01. The molecule has 1 heterocycles. The molecule has 4 nitrogen and oxygen atoms in total. The summed E-state index contributed by atoms with van der Waals surface area (Å²) >= 11 is 4.23. The van der Waals surface area contributed by atoms with Gasteiger partial charge in [0, 0.05) is 4.75 Å². The second-order valence-corrected chi connectivity index (χ2v) is 4.81. The number of piperazine rings is 1. The van der Waals surface area contributed by atoms with Crippen LogP contribution in [0.25, 0.3) is 0 Å². The van der Waals surface area contributed by atoms with Crippen LogP contribution in [0.5, 0.6) is 0 Å². The Labute approximate surface area is 82.9 Å². The highest BCUT2D eigenvalue weighted by Crippen LogP contribution is 2.19. The zero-order valence-electron chi connectivity index (χ0n) is 7.63. The van der Waals surface area contributed by atoms with Crippen molar-refractivity contribution in [1.29, 1.82) is 0 Å². The topological polar surface area (TPSA) is 58.2 Å². The quantitative estimate of drug-likeness (QED) is 0.501. The van der Waals surface area contributed by atoms with Gasteiger partial charge in [-0.1, -0.05) is 0 Å². The molecule has 2 amide bonds. The fourth-order valence-electron chi connectivity index (χ4n) is 1.13. The minimum Gasteiger partial charge on any atom is -0.342 e. The number of hydrogen-bond acceptors (Lipinski definition) is 3. The molecule has 13 heavy (non-hydrogen) atoms. The van der Waals surface area contributed by atoms with Gasteiger partial charge in [0.25, 0.3) is 0 Å². The molecule has 1 saturated heterocycles. The summed E-state index contributed by atoms with van der Waals surface area (Å²) in [6.07, 6.45) is 0. The standard InChI is InChI=1S/C8H13N2O2S/c1-4-6(11)10-5(7(12)9-4)8(2,3)13/h4-5,13H,1H2,2-3H3,(H,9,12)(H,10,11)/t4-,5-/m0/s1. The van der Waals surface area contributed by atoms with Gasteiger partial charge in [-0.15, -0.1) is 0 Å². The minimum atomic E-state index is -0.695. The second kappa shape index (κ2) is 3.21. The van der Waals surface area contributed by atoms with Crippen LogP contribution in [0, 0.1) is 6.92 Å². The lowest BCUT2D eigenvalue weighted by atomic mass is 9.99. The summed E-state index contributed by atoms with van der Waals surface area (Å²) < 4.78 is -0.570. The van der Waals surface area contributed by atoms with E-state index in [9.17, 15) is 9.59 Å². The van der Waals surface area contributed by atoms with Crippen molar-refractivity contribution in [1.82, 2.24) is 10.6 Å². The van der Waals surface area contributed by atoms with Gasteiger partial charge in [0.05, 0.1) is 0 Å². The van der Waals surface area contributed by atoms with Crippen molar-refractivity contribution >= 4 is 24.4 Å². The van der Waals surface area contributed by atoms with Crippen LogP contribution in [0.15, 0.2) is 0 Å². The molecule has 0 aromatic heterocycles. The molecule has 0 spiro atoms. The van der Waals surface area contributed by atoms with Crippen LogP contribution >= 0.6 is 12.6 Å². The Morgan fingerprint density at radius 3 is 2.31 bits per heavy atom. The fourth-order valence-corrected chi connectivity index (χ4v) is 1.31. The molecule has 1 aliphatic heterocycles. The number of carbonyl (C=O) groups excluding carboxylic acids is 2. The van der Waals surface area contributed by atoms with Gasteiger partial charge in [0.2, 0.25) is 11.8 Å². The van der Waals surface area contributed by atoms with E-state index in [0.29, 0.717) is 0 Å². The third-order valence-corrected chi connectivity index (χ3v) is 2.15. The van der Waals surface area contributed by atoms with E-state index < -0.39 is 16.8 Å². The molecule has 5 heteroatoms. The van der Waals surface area contributed by atoms with E-state index in [1.165, 1.54) is 0 Å². The molecular weight excluding hydrogens is 188 g/mol. The van der Waals surface area contributed by atoms with Gasteiger partial charge in [-0.25, -0.2) is 0 Å². The molecule has 0 bridgehead atoms. The summed E-state index contributed by atoms with van der Waals surface area (Å²) in [5.41, 5.74) is 0. The molecule has 0 aromatic carbocycles. The van der Waals surface area contributed by atoms with Gasteiger partial charge in [-0.2, -0.15) is 12.6 Å². The summed E-state index contributed by atoms with van der Waals surface area (Å²) in [5.74, 6) is -0.508. The number of thiol groups is 1. The Kier molecular flexibility index (Phi) is 2.56. The van der Waals surface area contributed by atoms with E-state index in [4.69, 9.17) is 0 Å². The molecule has 0 aliphatic carbocycles. The van der Waals surface area contributed by atoms with Crippen molar-refractivity contribution in [2.75, 3.05) is 0 Å². The Bertz CT molecular complexity index is 247. The van der Waals surface area contributed by atoms with E-state index in [-0.39, 0.29) is 11.8 Å². The normalized spacial score (nSPS) is 29.5. The van der Waals surface area contributed by atoms with Crippen molar-refractivity contribution in [3.05, 3.63) is 6.92 Å². The highest BCUT2D eigenvalue weighted by atomic mass is 32.1. The van der Waals surface area contributed by atoms with Gasteiger partial charge >= 0.3 is 0 Å². The fraction of sp³-hybridized carbons (Fsp3) is 0.625. The zero-order chi connectivity index (χ0) is 10.2. The van der Waals surface area contributed by atoms with Gasteiger partial charge in [-0.05, 0) is 20.8 Å². The van der Waals surface area contributed by atoms with Crippen LogP contribution in [0.4, 0.5) is 0 Å².